The molecule has 10 heteroatoms. The second kappa shape index (κ2) is 9.50. The highest BCUT2D eigenvalue weighted by Crippen LogP contribution is 2.43. The summed E-state index contributed by atoms with van der Waals surface area (Å²) >= 11 is 0. The largest absolute Gasteiger partial charge is 0.424 e. The average molecular weight is 515 g/mol. The molecule has 2 saturated carbocycles. The Balaban J connectivity index is 1.36. The van der Waals surface area contributed by atoms with Crippen molar-refractivity contribution in [2.24, 2.45) is 5.92 Å². The van der Waals surface area contributed by atoms with Crippen molar-refractivity contribution in [3.05, 3.63) is 66.5 Å². The fourth-order valence-electron chi connectivity index (χ4n) is 4.66. The smallest absolute Gasteiger partial charge is 0.321 e. The second-order valence-electron chi connectivity index (χ2n) is 9.58. The summed E-state index contributed by atoms with van der Waals surface area (Å²) in [6, 6.07) is 17.5. The highest BCUT2D eigenvalue weighted by atomic mass is 32.2. The molecule has 2 aromatic carbocycles. The number of aromatic nitrogens is 3. The van der Waals surface area contributed by atoms with Gasteiger partial charge < -0.3 is 9.30 Å². The maximum absolute atomic E-state index is 12.4. The monoisotopic (exact) mass is 514 g/mol. The van der Waals surface area contributed by atoms with Crippen LogP contribution < -0.4 is 14.2 Å². The first-order chi connectivity index (χ1) is 18.0. The van der Waals surface area contributed by atoms with E-state index < -0.39 is 10.2 Å². The molecule has 4 aromatic rings. The predicted molar refractivity (Wildman–Crippen MR) is 140 cm³/mol. The first kappa shape index (κ1) is 23.5. The number of benzene rings is 2. The molecule has 0 amide bonds. The lowest BCUT2D eigenvalue weighted by Crippen LogP contribution is -2.31. The SMILES string of the molecule is N#Cc1c(-c2ccc(NS(=O)(=O)NCC3CC3)cc2)n(C2CCC2)c2cc(Oc3ncccn3)ccc12. The van der Waals surface area contributed by atoms with Crippen LogP contribution in [0.15, 0.2) is 60.9 Å². The summed E-state index contributed by atoms with van der Waals surface area (Å²) < 4.78 is 38.0. The van der Waals surface area contributed by atoms with Crippen LogP contribution in [0.3, 0.4) is 0 Å². The Morgan fingerprint density at radius 3 is 2.46 bits per heavy atom. The lowest BCUT2D eigenvalue weighted by atomic mass is 9.92. The van der Waals surface area contributed by atoms with Gasteiger partial charge in [-0.2, -0.15) is 18.4 Å². The minimum atomic E-state index is -3.63. The van der Waals surface area contributed by atoms with Crippen molar-refractivity contribution in [1.29, 1.82) is 5.26 Å². The van der Waals surface area contributed by atoms with E-state index in [1.54, 1.807) is 30.6 Å². The van der Waals surface area contributed by atoms with Gasteiger partial charge in [-0.15, -0.1) is 0 Å². The van der Waals surface area contributed by atoms with Crippen LogP contribution in [-0.4, -0.2) is 29.5 Å². The molecule has 2 aromatic heterocycles. The van der Waals surface area contributed by atoms with E-state index in [-0.39, 0.29) is 12.1 Å². The van der Waals surface area contributed by atoms with Gasteiger partial charge in [0.05, 0.1) is 16.8 Å². The zero-order chi connectivity index (χ0) is 25.4. The highest BCUT2D eigenvalue weighted by molar-refractivity contribution is 7.90. The van der Waals surface area contributed by atoms with E-state index >= 15 is 0 Å². The van der Waals surface area contributed by atoms with E-state index in [2.05, 4.69) is 30.0 Å². The number of nitrogens with zero attached hydrogens (tertiary/aromatic N) is 4. The molecular weight excluding hydrogens is 488 g/mol. The van der Waals surface area contributed by atoms with Crippen molar-refractivity contribution in [1.82, 2.24) is 19.3 Å². The molecule has 37 heavy (non-hydrogen) atoms. The summed E-state index contributed by atoms with van der Waals surface area (Å²) in [6.45, 7) is 0.461. The summed E-state index contributed by atoms with van der Waals surface area (Å²) in [6.07, 6.45) is 8.57. The van der Waals surface area contributed by atoms with Crippen LogP contribution in [-0.2, 0) is 10.2 Å². The molecular formula is C27H26N6O3S. The molecule has 2 N–H and O–H groups in total. The minimum Gasteiger partial charge on any atom is -0.424 e. The van der Waals surface area contributed by atoms with Crippen molar-refractivity contribution >= 4 is 26.8 Å². The molecule has 9 nitrogen and oxygen atoms in total. The van der Waals surface area contributed by atoms with E-state index in [9.17, 15) is 13.7 Å². The summed E-state index contributed by atoms with van der Waals surface area (Å²) in [5.41, 5.74) is 3.65. The van der Waals surface area contributed by atoms with Crippen LogP contribution in [0, 0.1) is 17.2 Å². The van der Waals surface area contributed by atoms with Gasteiger partial charge in [0.15, 0.2) is 0 Å². The number of anilines is 1. The van der Waals surface area contributed by atoms with Gasteiger partial charge in [0.25, 0.3) is 10.2 Å². The Bertz CT molecular complexity index is 1590. The number of rotatable bonds is 9. The van der Waals surface area contributed by atoms with Gasteiger partial charge in [0, 0.05) is 42.1 Å². The van der Waals surface area contributed by atoms with Crippen LogP contribution in [0.1, 0.15) is 43.7 Å². The van der Waals surface area contributed by atoms with E-state index in [4.69, 9.17) is 4.74 Å². The van der Waals surface area contributed by atoms with Crippen molar-refractivity contribution in [2.45, 2.75) is 38.1 Å². The number of fused-ring (bicyclic) bond motifs is 1. The summed E-state index contributed by atoms with van der Waals surface area (Å²) in [7, 11) is -3.63. The third-order valence-electron chi connectivity index (χ3n) is 6.95. The van der Waals surface area contributed by atoms with E-state index in [0.717, 1.165) is 54.3 Å². The van der Waals surface area contributed by atoms with Crippen LogP contribution in [0.4, 0.5) is 5.69 Å². The fourth-order valence-corrected chi connectivity index (χ4v) is 5.63. The fraction of sp³-hybridized carbons (Fsp3) is 0.296. The van der Waals surface area contributed by atoms with Crippen molar-refractivity contribution in [2.75, 3.05) is 11.3 Å². The summed E-state index contributed by atoms with van der Waals surface area (Å²) in [5, 5.41) is 11.0. The molecule has 2 aliphatic rings. The van der Waals surface area contributed by atoms with Crippen molar-refractivity contribution in [3.63, 3.8) is 0 Å². The molecule has 2 heterocycles. The highest BCUT2D eigenvalue weighted by Gasteiger charge is 2.28. The molecule has 0 saturated heterocycles. The summed E-state index contributed by atoms with van der Waals surface area (Å²) in [4.78, 5) is 8.27. The topological polar surface area (TPSA) is 122 Å². The molecule has 188 valence electrons. The van der Waals surface area contributed by atoms with Crippen molar-refractivity contribution in [3.8, 4) is 29.1 Å². The van der Waals surface area contributed by atoms with Gasteiger partial charge in [-0.05, 0) is 73.9 Å². The van der Waals surface area contributed by atoms with Crippen LogP contribution in [0.2, 0.25) is 0 Å². The lowest BCUT2D eigenvalue weighted by molar-refractivity contribution is 0.324. The molecule has 0 atom stereocenters. The van der Waals surface area contributed by atoms with Crippen LogP contribution in [0.5, 0.6) is 11.8 Å². The van der Waals surface area contributed by atoms with Crippen molar-refractivity contribution < 1.29 is 13.2 Å². The van der Waals surface area contributed by atoms with Gasteiger partial charge in [0.2, 0.25) is 0 Å². The molecule has 0 aliphatic heterocycles. The average Bonchev–Trinajstić information content (AvgIpc) is 3.65. The zero-order valence-electron chi connectivity index (χ0n) is 20.1. The molecule has 6 rings (SSSR count). The third kappa shape index (κ3) is 4.88. The zero-order valence-corrected chi connectivity index (χ0v) is 20.9. The van der Waals surface area contributed by atoms with Gasteiger partial charge in [-0.1, -0.05) is 12.1 Å². The standard InChI is InChI=1S/C27H26N6O3S/c28-16-24-23-12-11-22(36-27-29-13-2-14-30-27)15-25(23)33(21-3-1-4-21)26(24)19-7-9-20(10-8-19)32-37(34,35)31-17-18-5-6-18/h2,7-15,18,21,31-32H,1,3-6,17H2. The number of hydrogen-bond donors (Lipinski definition) is 2. The van der Waals surface area contributed by atoms with E-state index in [1.807, 2.05) is 30.3 Å². The molecule has 0 spiro atoms. The number of hydrogen-bond acceptors (Lipinski definition) is 6. The predicted octanol–water partition coefficient (Wildman–Crippen LogP) is 5.14. The Kier molecular flexibility index (Phi) is 6.02. The number of nitrogens with one attached hydrogen (secondary N) is 2. The minimum absolute atomic E-state index is 0.258. The Morgan fingerprint density at radius 2 is 1.81 bits per heavy atom. The maximum Gasteiger partial charge on any atom is 0.321 e. The number of nitriles is 1. The molecule has 2 aliphatic carbocycles. The van der Waals surface area contributed by atoms with Gasteiger partial charge >= 0.3 is 6.01 Å². The van der Waals surface area contributed by atoms with Crippen LogP contribution in [0.25, 0.3) is 22.2 Å². The third-order valence-corrected chi connectivity index (χ3v) is 8.00. The van der Waals surface area contributed by atoms with E-state index in [1.165, 1.54) is 0 Å². The maximum atomic E-state index is 12.4. The first-order valence-corrected chi connectivity index (χ1v) is 13.9. The first-order valence-electron chi connectivity index (χ1n) is 12.4. The normalized spacial score (nSPS) is 15.8. The van der Waals surface area contributed by atoms with Gasteiger partial charge in [0.1, 0.15) is 11.8 Å². The van der Waals surface area contributed by atoms with Gasteiger partial charge in [-0.25, -0.2) is 9.97 Å². The van der Waals surface area contributed by atoms with E-state index in [0.29, 0.717) is 29.5 Å². The van der Waals surface area contributed by atoms with Gasteiger partial charge in [-0.3, -0.25) is 4.72 Å². The Hall–Kier alpha value is -3.94. The molecule has 0 bridgehead atoms. The molecule has 2 fully saturated rings. The van der Waals surface area contributed by atoms with Crippen LogP contribution >= 0.6 is 0 Å². The lowest BCUT2D eigenvalue weighted by Gasteiger charge is -2.30. The Morgan fingerprint density at radius 1 is 1.05 bits per heavy atom. The number of ether oxygens (including phenoxy) is 1. The Labute approximate surface area is 215 Å². The summed E-state index contributed by atoms with van der Waals surface area (Å²) in [5.74, 6) is 1.04. The molecule has 0 radical (unpaired) electrons. The molecule has 0 unspecified atom stereocenters. The second-order valence-corrected chi connectivity index (χ2v) is 11.1. The quantitative estimate of drug-likeness (QED) is 0.319.